The Balaban J connectivity index is 1.52. The number of rotatable bonds is 7. The van der Waals surface area contributed by atoms with Crippen LogP contribution in [0.15, 0.2) is 70.4 Å². The van der Waals surface area contributed by atoms with E-state index in [0.717, 1.165) is 0 Å². The first-order valence-corrected chi connectivity index (χ1v) is 8.74. The van der Waals surface area contributed by atoms with Gasteiger partial charge in [0.1, 0.15) is 11.6 Å². The lowest BCUT2D eigenvalue weighted by molar-refractivity contribution is -0.118. The second-order valence-electron chi connectivity index (χ2n) is 5.68. The molecule has 0 saturated heterocycles. The maximum Gasteiger partial charge on any atom is 0.307 e. The maximum atomic E-state index is 13.5. The van der Waals surface area contributed by atoms with Gasteiger partial charge in [0.2, 0.25) is 0 Å². The number of hydrogen-bond acceptors (Lipinski definition) is 5. The first-order chi connectivity index (χ1) is 14.0. The minimum Gasteiger partial charge on any atom is -0.482 e. The topological polar surface area (TPSA) is 92.9 Å². The van der Waals surface area contributed by atoms with Gasteiger partial charge in [0.05, 0.1) is 23.2 Å². The molecule has 0 spiro atoms. The van der Waals surface area contributed by atoms with E-state index in [0.29, 0.717) is 5.56 Å². The van der Waals surface area contributed by atoms with Gasteiger partial charge in [-0.05, 0) is 48.0 Å². The number of halogens is 2. The molecular formula is C20H15ClFN3O4. The van der Waals surface area contributed by atoms with Crippen LogP contribution in [0.2, 0.25) is 5.02 Å². The molecule has 2 aromatic carbocycles. The Kier molecular flexibility index (Phi) is 6.59. The SMILES string of the molecule is O=C(COc1ccc(C=NNC(=O)c2ccco2)cc1Cl)Nc1ccccc1F. The number of hydrogen-bond donors (Lipinski definition) is 2. The minimum absolute atomic E-state index is 0.0651. The van der Waals surface area contributed by atoms with Crippen LogP contribution in [0.5, 0.6) is 5.75 Å². The van der Waals surface area contributed by atoms with E-state index in [2.05, 4.69) is 15.8 Å². The zero-order valence-corrected chi connectivity index (χ0v) is 15.7. The highest BCUT2D eigenvalue weighted by Crippen LogP contribution is 2.25. The first kappa shape index (κ1) is 20.1. The summed E-state index contributed by atoms with van der Waals surface area (Å²) in [6, 6.07) is 13.6. The van der Waals surface area contributed by atoms with Crippen molar-refractivity contribution in [2.24, 2.45) is 5.10 Å². The van der Waals surface area contributed by atoms with Crippen molar-refractivity contribution in [2.75, 3.05) is 11.9 Å². The van der Waals surface area contributed by atoms with Gasteiger partial charge in [-0.1, -0.05) is 23.7 Å². The molecule has 0 saturated carbocycles. The number of benzene rings is 2. The average molecular weight is 416 g/mol. The zero-order chi connectivity index (χ0) is 20.6. The van der Waals surface area contributed by atoms with Crippen molar-refractivity contribution in [3.8, 4) is 5.75 Å². The van der Waals surface area contributed by atoms with E-state index < -0.39 is 17.6 Å². The lowest BCUT2D eigenvalue weighted by Crippen LogP contribution is -2.20. The molecule has 3 rings (SSSR count). The molecule has 1 heterocycles. The number of ether oxygens (including phenoxy) is 1. The van der Waals surface area contributed by atoms with Gasteiger partial charge in [-0.15, -0.1) is 0 Å². The number of furan rings is 1. The second-order valence-corrected chi connectivity index (χ2v) is 6.09. The number of nitrogens with one attached hydrogen (secondary N) is 2. The highest BCUT2D eigenvalue weighted by Gasteiger charge is 2.09. The highest BCUT2D eigenvalue weighted by molar-refractivity contribution is 6.32. The Hall–Kier alpha value is -3.65. The van der Waals surface area contributed by atoms with E-state index in [1.54, 1.807) is 30.3 Å². The van der Waals surface area contributed by atoms with Gasteiger partial charge >= 0.3 is 5.91 Å². The fourth-order valence-corrected chi connectivity index (χ4v) is 2.48. The fourth-order valence-electron chi connectivity index (χ4n) is 2.23. The lowest BCUT2D eigenvalue weighted by atomic mass is 10.2. The summed E-state index contributed by atoms with van der Waals surface area (Å²) in [7, 11) is 0. The van der Waals surface area contributed by atoms with E-state index in [-0.39, 0.29) is 28.8 Å². The number of carbonyl (C=O) groups is 2. The number of anilines is 1. The number of hydrazone groups is 1. The molecule has 0 aliphatic carbocycles. The molecular weight excluding hydrogens is 401 g/mol. The smallest absolute Gasteiger partial charge is 0.307 e. The molecule has 7 nitrogen and oxygen atoms in total. The summed E-state index contributed by atoms with van der Waals surface area (Å²) in [5.74, 6) is -1.15. The summed E-state index contributed by atoms with van der Waals surface area (Å²) >= 11 is 6.14. The summed E-state index contributed by atoms with van der Waals surface area (Å²) in [6.07, 6.45) is 2.77. The zero-order valence-electron chi connectivity index (χ0n) is 14.9. The number of nitrogens with zero attached hydrogens (tertiary/aromatic N) is 1. The molecule has 2 N–H and O–H groups in total. The molecule has 0 aliphatic rings. The molecule has 0 unspecified atom stereocenters. The molecule has 9 heteroatoms. The van der Waals surface area contributed by atoms with E-state index in [1.807, 2.05) is 0 Å². The van der Waals surface area contributed by atoms with Gasteiger partial charge in [-0.2, -0.15) is 5.10 Å². The summed E-state index contributed by atoms with van der Waals surface area (Å²) < 4.78 is 23.8. The molecule has 29 heavy (non-hydrogen) atoms. The van der Waals surface area contributed by atoms with Crippen LogP contribution in [-0.2, 0) is 4.79 Å². The van der Waals surface area contributed by atoms with Crippen molar-refractivity contribution in [3.63, 3.8) is 0 Å². The molecule has 0 atom stereocenters. The molecule has 1 aromatic heterocycles. The van der Waals surface area contributed by atoms with Crippen LogP contribution in [-0.4, -0.2) is 24.6 Å². The largest absolute Gasteiger partial charge is 0.482 e. The van der Waals surface area contributed by atoms with Gasteiger partial charge in [0.25, 0.3) is 5.91 Å². The predicted molar refractivity (Wildman–Crippen MR) is 106 cm³/mol. The Morgan fingerprint density at radius 2 is 2.00 bits per heavy atom. The minimum atomic E-state index is -0.540. The van der Waals surface area contributed by atoms with E-state index in [4.69, 9.17) is 20.8 Å². The standard InChI is InChI=1S/C20H15ClFN3O4/c21-14-10-13(11-23-25-20(27)18-6-3-9-28-18)7-8-17(14)29-12-19(26)24-16-5-2-1-4-15(16)22/h1-11H,12H2,(H,24,26)(H,25,27). The molecule has 0 fully saturated rings. The van der Waals surface area contributed by atoms with Crippen LogP contribution in [0, 0.1) is 5.82 Å². The van der Waals surface area contributed by atoms with Gasteiger partial charge in [-0.3, -0.25) is 9.59 Å². The highest BCUT2D eigenvalue weighted by atomic mass is 35.5. The van der Waals surface area contributed by atoms with Crippen LogP contribution in [0.25, 0.3) is 0 Å². The summed E-state index contributed by atoms with van der Waals surface area (Å²) in [6.45, 7) is -0.347. The average Bonchev–Trinajstić information content (AvgIpc) is 3.24. The number of amides is 2. The summed E-state index contributed by atoms with van der Waals surface area (Å²) in [5, 5.41) is 6.46. The monoisotopic (exact) mass is 415 g/mol. The Labute approximate surface area is 170 Å². The van der Waals surface area contributed by atoms with Crippen molar-refractivity contribution in [1.29, 1.82) is 0 Å². The van der Waals surface area contributed by atoms with Crippen molar-refractivity contribution in [2.45, 2.75) is 0 Å². The van der Waals surface area contributed by atoms with Crippen LogP contribution < -0.4 is 15.5 Å². The third-order valence-electron chi connectivity index (χ3n) is 3.59. The Morgan fingerprint density at radius 1 is 1.17 bits per heavy atom. The van der Waals surface area contributed by atoms with Crippen LogP contribution in [0.1, 0.15) is 16.1 Å². The second kappa shape index (κ2) is 9.52. The number of carbonyl (C=O) groups excluding carboxylic acids is 2. The molecule has 148 valence electrons. The van der Waals surface area contributed by atoms with Gasteiger partial charge < -0.3 is 14.5 Å². The molecule has 0 bridgehead atoms. The fraction of sp³-hybridized carbons (Fsp3) is 0.0500. The lowest BCUT2D eigenvalue weighted by Gasteiger charge is -2.09. The molecule has 3 aromatic rings. The molecule has 0 radical (unpaired) electrons. The summed E-state index contributed by atoms with van der Waals surface area (Å²) in [5.41, 5.74) is 2.97. The van der Waals surface area contributed by atoms with Crippen molar-refractivity contribution >= 4 is 35.3 Å². The Bertz CT molecular complexity index is 1040. The normalized spacial score (nSPS) is 10.7. The van der Waals surface area contributed by atoms with Crippen molar-refractivity contribution in [3.05, 3.63) is 83.0 Å². The van der Waals surface area contributed by atoms with E-state index >= 15 is 0 Å². The summed E-state index contributed by atoms with van der Waals surface area (Å²) in [4.78, 5) is 23.6. The Morgan fingerprint density at radius 3 is 2.72 bits per heavy atom. The van der Waals surface area contributed by atoms with Crippen molar-refractivity contribution < 1.29 is 23.1 Å². The van der Waals surface area contributed by atoms with Crippen LogP contribution in [0.3, 0.4) is 0 Å². The van der Waals surface area contributed by atoms with E-state index in [9.17, 15) is 14.0 Å². The van der Waals surface area contributed by atoms with Gasteiger partial charge in [0.15, 0.2) is 12.4 Å². The number of para-hydroxylation sites is 1. The van der Waals surface area contributed by atoms with Crippen LogP contribution >= 0.6 is 11.6 Å². The molecule has 2 amide bonds. The maximum absolute atomic E-state index is 13.5. The predicted octanol–water partition coefficient (Wildman–Crippen LogP) is 3.85. The first-order valence-electron chi connectivity index (χ1n) is 8.36. The quantitative estimate of drug-likeness (QED) is 0.452. The van der Waals surface area contributed by atoms with Crippen LogP contribution in [0.4, 0.5) is 10.1 Å². The van der Waals surface area contributed by atoms with Gasteiger partial charge in [-0.25, -0.2) is 9.82 Å². The van der Waals surface area contributed by atoms with Crippen molar-refractivity contribution in [1.82, 2.24) is 5.43 Å². The third-order valence-corrected chi connectivity index (χ3v) is 3.88. The molecule has 0 aliphatic heterocycles. The third kappa shape index (κ3) is 5.66. The van der Waals surface area contributed by atoms with Gasteiger partial charge in [0, 0.05) is 0 Å². The van der Waals surface area contributed by atoms with E-state index in [1.165, 1.54) is 36.7 Å².